The Morgan fingerprint density at radius 1 is 1.52 bits per heavy atom. The second-order valence-electron chi connectivity index (χ2n) is 5.89. The number of nitrogens with one attached hydrogen (secondary N) is 1. The summed E-state index contributed by atoms with van der Waals surface area (Å²) in [6.07, 6.45) is 5.77. The van der Waals surface area contributed by atoms with Gasteiger partial charge in [-0.15, -0.1) is 6.58 Å². The van der Waals surface area contributed by atoms with Gasteiger partial charge >= 0.3 is 6.72 Å². The molecule has 1 aliphatic rings. The van der Waals surface area contributed by atoms with Gasteiger partial charge in [-0.3, -0.25) is 0 Å². The molecule has 2 rings (SSSR count). The number of nitriles is 1. The standard InChI is InChI=1S/C15H22N5O3PS/c1-3-13-11(2)12(8-23-24(21,25)22-6-4-5-16)7-14(13)20-15-18-9-17-10-19-15/h3,9-14H,1,4,6-8H2,2H3,(H,21,25)(H,17,18,19,20)/t11-,12-,13-,14-,24?/m1/s1. The minimum atomic E-state index is -3.31. The summed E-state index contributed by atoms with van der Waals surface area (Å²) in [7, 11) is 0. The largest absolute Gasteiger partial charge is 0.351 e. The average molecular weight is 383 g/mol. The molecule has 25 heavy (non-hydrogen) atoms. The van der Waals surface area contributed by atoms with Crippen molar-refractivity contribution in [2.24, 2.45) is 17.8 Å². The molecular weight excluding hydrogens is 361 g/mol. The van der Waals surface area contributed by atoms with Crippen LogP contribution in [0.1, 0.15) is 19.8 Å². The van der Waals surface area contributed by atoms with Crippen LogP contribution in [-0.2, 0) is 20.9 Å². The molecule has 1 aromatic rings. The molecule has 1 heterocycles. The maximum absolute atomic E-state index is 10.0. The van der Waals surface area contributed by atoms with Crippen LogP contribution in [0.4, 0.5) is 5.95 Å². The van der Waals surface area contributed by atoms with Crippen LogP contribution in [0.15, 0.2) is 25.3 Å². The fraction of sp³-hybridized carbons (Fsp3) is 0.600. The Morgan fingerprint density at radius 3 is 2.88 bits per heavy atom. The molecule has 136 valence electrons. The first kappa shape index (κ1) is 19.9. The van der Waals surface area contributed by atoms with Gasteiger partial charge in [0.05, 0.1) is 25.7 Å². The highest BCUT2D eigenvalue weighted by molar-refractivity contribution is 8.07. The number of anilines is 1. The minimum Gasteiger partial charge on any atom is -0.351 e. The molecule has 0 bridgehead atoms. The van der Waals surface area contributed by atoms with Gasteiger partial charge in [0.25, 0.3) is 0 Å². The zero-order valence-corrected chi connectivity index (χ0v) is 15.7. The molecule has 5 atom stereocenters. The van der Waals surface area contributed by atoms with Gasteiger partial charge in [0, 0.05) is 6.04 Å². The smallest absolute Gasteiger partial charge is 0.324 e. The van der Waals surface area contributed by atoms with Crippen molar-refractivity contribution in [1.29, 1.82) is 5.26 Å². The van der Waals surface area contributed by atoms with Crippen LogP contribution in [0.2, 0.25) is 0 Å². The van der Waals surface area contributed by atoms with Crippen molar-refractivity contribution in [3.05, 3.63) is 25.3 Å². The molecule has 8 nitrogen and oxygen atoms in total. The fourth-order valence-electron chi connectivity index (χ4n) is 3.05. The van der Waals surface area contributed by atoms with E-state index in [1.54, 1.807) is 0 Å². The highest BCUT2D eigenvalue weighted by Crippen LogP contribution is 2.47. The topological polar surface area (TPSA) is 113 Å². The Kier molecular flexibility index (Phi) is 7.41. The van der Waals surface area contributed by atoms with E-state index in [0.717, 1.165) is 6.42 Å². The van der Waals surface area contributed by atoms with Crippen molar-refractivity contribution >= 4 is 24.5 Å². The second kappa shape index (κ2) is 9.32. The molecule has 2 N–H and O–H groups in total. The van der Waals surface area contributed by atoms with Gasteiger partial charge in [-0.2, -0.15) is 5.26 Å². The zero-order valence-electron chi connectivity index (χ0n) is 14.0. The van der Waals surface area contributed by atoms with E-state index in [1.807, 2.05) is 12.1 Å². The van der Waals surface area contributed by atoms with Crippen molar-refractivity contribution in [2.45, 2.75) is 25.8 Å². The van der Waals surface area contributed by atoms with Crippen molar-refractivity contribution in [3.8, 4) is 6.07 Å². The average Bonchev–Trinajstić information content (AvgIpc) is 2.89. The molecule has 0 radical (unpaired) electrons. The van der Waals surface area contributed by atoms with Crippen molar-refractivity contribution in [1.82, 2.24) is 15.0 Å². The Hall–Kier alpha value is -1.43. The van der Waals surface area contributed by atoms with Gasteiger partial charge in [0.2, 0.25) is 5.95 Å². The first-order chi connectivity index (χ1) is 12.0. The molecule has 10 heteroatoms. The van der Waals surface area contributed by atoms with Crippen LogP contribution in [0.3, 0.4) is 0 Å². The van der Waals surface area contributed by atoms with Crippen molar-refractivity contribution in [2.75, 3.05) is 18.5 Å². The lowest BCUT2D eigenvalue weighted by Gasteiger charge is -2.22. The summed E-state index contributed by atoms with van der Waals surface area (Å²) in [6.45, 7) is 3.10. The Bertz CT molecular complexity index is 656. The second-order valence-corrected chi connectivity index (χ2v) is 8.72. The summed E-state index contributed by atoms with van der Waals surface area (Å²) in [5.41, 5.74) is 0. The number of hydrogen-bond donors (Lipinski definition) is 2. The van der Waals surface area contributed by atoms with Crippen LogP contribution in [0, 0.1) is 29.1 Å². The maximum atomic E-state index is 10.0. The Morgan fingerprint density at radius 2 is 2.24 bits per heavy atom. The molecule has 0 spiro atoms. The number of aromatic nitrogens is 3. The molecule has 0 saturated heterocycles. The lowest BCUT2D eigenvalue weighted by Crippen LogP contribution is -2.25. The molecular formula is C15H22N5O3PS. The van der Waals surface area contributed by atoms with E-state index in [4.69, 9.17) is 26.1 Å². The minimum absolute atomic E-state index is 0.0728. The lowest BCUT2D eigenvalue weighted by atomic mass is 9.91. The van der Waals surface area contributed by atoms with Gasteiger partial charge in [0.1, 0.15) is 12.7 Å². The van der Waals surface area contributed by atoms with E-state index in [9.17, 15) is 4.89 Å². The van der Waals surface area contributed by atoms with Crippen molar-refractivity contribution < 1.29 is 13.9 Å². The number of nitrogens with zero attached hydrogens (tertiary/aromatic N) is 4. The first-order valence-corrected chi connectivity index (χ1v) is 10.6. The first-order valence-electron chi connectivity index (χ1n) is 7.96. The monoisotopic (exact) mass is 383 g/mol. The van der Waals surface area contributed by atoms with Gasteiger partial charge in [-0.25, -0.2) is 15.0 Å². The summed E-state index contributed by atoms with van der Waals surface area (Å²) in [6, 6.07) is 2.04. The molecule has 0 aromatic carbocycles. The predicted octanol–water partition coefficient (Wildman–Crippen LogP) is 2.27. The lowest BCUT2D eigenvalue weighted by molar-refractivity contribution is 0.159. The Balaban J connectivity index is 1.92. The van der Waals surface area contributed by atoms with Gasteiger partial charge < -0.3 is 19.3 Å². The summed E-state index contributed by atoms with van der Waals surface area (Å²) in [5, 5.41) is 11.8. The summed E-state index contributed by atoms with van der Waals surface area (Å²) < 4.78 is 10.6. The summed E-state index contributed by atoms with van der Waals surface area (Å²) in [5.74, 6) is 1.19. The number of rotatable bonds is 9. The third kappa shape index (κ3) is 5.80. The SMILES string of the molecule is C=C[C@@H]1[C@H](C)[C@@H](COP(O)(=S)OCCC#N)C[C@H]1Nc1ncncn1. The quantitative estimate of drug-likeness (QED) is 0.376. The molecule has 1 aliphatic carbocycles. The van der Waals surface area contributed by atoms with E-state index in [1.165, 1.54) is 12.7 Å². The zero-order chi connectivity index (χ0) is 18.3. The fourth-order valence-corrected chi connectivity index (χ4v) is 4.23. The van der Waals surface area contributed by atoms with Crippen LogP contribution in [0.5, 0.6) is 0 Å². The highest BCUT2D eigenvalue weighted by Gasteiger charge is 2.40. The summed E-state index contributed by atoms with van der Waals surface area (Å²) in [4.78, 5) is 22.0. The van der Waals surface area contributed by atoms with Crippen LogP contribution < -0.4 is 5.32 Å². The summed E-state index contributed by atoms with van der Waals surface area (Å²) >= 11 is 4.97. The molecule has 0 amide bonds. The van der Waals surface area contributed by atoms with E-state index < -0.39 is 6.72 Å². The normalized spacial score (nSPS) is 28.0. The van der Waals surface area contributed by atoms with E-state index >= 15 is 0 Å². The van der Waals surface area contributed by atoms with Crippen molar-refractivity contribution in [3.63, 3.8) is 0 Å². The highest BCUT2D eigenvalue weighted by atomic mass is 32.5. The van der Waals surface area contributed by atoms with Crippen LogP contribution >= 0.6 is 6.72 Å². The molecule has 1 aromatic heterocycles. The van der Waals surface area contributed by atoms with E-state index in [0.29, 0.717) is 12.6 Å². The third-order valence-corrected chi connectivity index (χ3v) is 5.99. The van der Waals surface area contributed by atoms with Crippen LogP contribution in [0.25, 0.3) is 0 Å². The number of hydrogen-bond acceptors (Lipinski definition) is 8. The van der Waals surface area contributed by atoms with Gasteiger partial charge in [-0.05, 0) is 36.0 Å². The Labute approximate surface area is 152 Å². The van der Waals surface area contributed by atoms with E-state index in [2.05, 4.69) is 33.8 Å². The predicted molar refractivity (Wildman–Crippen MR) is 96.8 cm³/mol. The molecule has 0 aliphatic heterocycles. The van der Waals surface area contributed by atoms with E-state index in [-0.39, 0.29) is 36.8 Å². The molecule has 1 unspecified atom stereocenters. The molecule has 1 saturated carbocycles. The van der Waals surface area contributed by atoms with Crippen LogP contribution in [-0.4, -0.2) is 39.1 Å². The third-order valence-electron chi connectivity index (χ3n) is 4.37. The maximum Gasteiger partial charge on any atom is 0.324 e. The van der Waals surface area contributed by atoms with Gasteiger partial charge in [-0.1, -0.05) is 13.0 Å². The van der Waals surface area contributed by atoms with Gasteiger partial charge in [0.15, 0.2) is 0 Å². The molecule has 1 fully saturated rings.